The van der Waals surface area contributed by atoms with E-state index in [9.17, 15) is 8.42 Å². The van der Waals surface area contributed by atoms with Crippen LogP contribution >= 0.6 is 11.6 Å². The van der Waals surface area contributed by atoms with Crippen LogP contribution in [0.3, 0.4) is 0 Å². The van der Waals surface area contributed by atoms with Gasteiger partial charge in [0, 0.05) is 31.8 Å². The van der Waals surface area contributed by atoms with E-state index in [4.69, 9.17) is 16.3 Å². The number of hydrogen-bond donors (Lipinski definition) is 2. The summed E-state index contributed by atoms with van der Waals surface area (Å²) in [6.07, 6.45) is 1.66. The SMILES string of the molecule is CCCNCc1ccc(S(=O)(=O)NCCCOC)cc1Cl. The lowest BCUT2D eigenvalue weighted by atomic mass is 10.2. The summed E-state index contributed by atoms with van der Waals surface area (Å²) in [5.74, 6) is 0. The standard InChI is InChI=1S/C14H23ClN2O3S/c1-3-7-16-11-12-5-6-13(10-14(12)15)21(18,19)17-8-4-9-20-2/h5-6,10,16-17H,3-4,7-9,11H2,1-2H3. The van der Waals surface area contributed by atoms with Crippen LogP contribution in [0, 0.1) is 0 Å². The van der Waals surface area contributed by atoms with E-state index >= 15 is 0 Å². The number of sulfonamides is 1. The van der Waals surface area contributed by atoms with Gasteiger partial charge in [0.2, 0.25) is 10.0 Å². The number of hydrogen-bond acceptors (Lipinski definition) is 4. The van der Waals surface area contributed by atoms with Gasteiger partial charge in [0.25, 0.3) is 0 Å². The molecule has 1 aromatic rings. The number of ether oxygens (including phenoxy) is 1. The zero-order valence-electron chi connectivity index (χ0n) is 12.5. The molecule has 0 saturated carbocycles. The molecule has 0 spiro atoms. The average molecular weight is 335 g/mol. The molecule has 0 radical (unpaired) electrons. The van der Waals surface area contributed by atoms with Crippen LogP contribution in [-0.2, 0) is 21.3 Å². The van der Waals surface area contributed by atoms with Crippen LogP contribution in [-0.4, -0.2) is 35.2 Å². The molecule has 0 unspecified atom stereocenters. The molecule has 7 heteroatoms. The molecule has 2 N–H and O–H groups in total. The Hall–Kier alpha value is -0.660. The van der Waals surface area contributed by atoms with Gasteiger partial charge in [-0.15, -0.1) is 0 Å². The molecule has 0 aliphatic rings. The molecular formula is C14H23ClN2O3S. The summed E-state index contributed by atoms with van der Waals surface area (Å²) in [7, 11) is -1.93. The van der Waals surface area contributed by atoms with Crippen molar-refractivity contribution in [3.63, 3.8) is 0 Å². The number of halogens is 1. The molecule has 0 aliphatic heterocycles. The number of benzene rings is 1. The lowest BCUT2D eigenvalue weighted by molar-refractivity contribution is 0.196. The van der Waals surface area contributed by atoms with Gasteiger partial charge in [0.1, 0.15) is 0 Å². The third-order valence-electron chi connectivity index (χ3n) is 2.89. The highest BCUT2D eigenvalue weighted by atomic mass is 35.5. The first kappa shape index (κ1) is 18.4. The summed E-state index contributed by atoms with van der Waals surface area (Å²) in [6.45, 7) is 4.48. The highest BCUT2D eigenvalue weighted by molar-refractivity contribution is 7.89. The van der Waals surface area contributed by atoms with Gasteiger partial charge in [-0.1, -0.05) is 24.6 Å². The quantitative estimate of drug-likeness (QED) is 0.643. The van der Waals surface area contributed by atoms with Crippen LogP contribution < -0.4 is 10.0 Å². The van der Waals surface area contributed by atoms with Gasteiger partial charge >= 0.3 is 0 Å². The first-order chi connectivity index (χ1) is 10.0. The maximum absolute atomic E-state index is 12.1. The summed E-state index contributed by atoms with van der Waals surface area (Å²) in [5.41, 5.74) is 0.892. The molecule has 0 amide bonds. The van der Waals surface area contributed by atoms with E-state index in [-0.39, 0.29) is 4.90 Å². The molecule has 0 bridgehead atoms. The zero-order valence-corrected chi connectivity index (χ0v) is 14.1. The fourth-order valence-corrected chi connectivity index (χ4v) is 3.16. The molecule has 0 aromatic heterocycles. The molecule has 0 heterocycles. The third kappa shape index (κ3) is 6.32. The average Bonchev–Trinajstić information content (AvgIpc) is 2.45. The molecule has 120 valence electrons. The Bertz CT molecular complexity index is 535. The molecule has 0 fully saturated rings. The third-order valence-corrected chi connectivity index (χ3v) is 4.70. The Morgan fingerprint density at radius 2 is 2.05 bits per heavy atom. The van der Waals surface area contributed by atoms with Crippen LogP contribution in [0.2, 0.25) is 5.02 Å². The monoisotopic (exact) mass is 334 g/mol. The normalized spacial score (nSPS) is 11.8. The van der Waals surface area contributed by atoms with Gasteiger partial charge in [-0.3, -0.25) is 0 Å². The van der Waals surface area contributed by atoms with Gasteiger partial charge in [0.15, 0.2) is 0 Å². The highest BCUT2D eigenvalue weighted by Gasteiger charge is 2.14. The maximum atomic E-state index is 12.1. The van der Waals surface area contributed by atoms with E-state index < -0.39 is 10.0 Å². The van der Waals surface area contributed by atoms with Crippen molar-refractivity contribution in [3.8, 4) is 0 Å². The Balaban J connectivity index is 2.68. The van der Waals surface area contributed by atoms with Gasteiger partial charge in [-0.05, 0) is 37.1 Å². The molecule has 0 saturated heterocycles. The number of methoxy groups -OCH3 is 1. The van der Waals surface area contributed by atoms with E-state index in [0.29, 0.717) is 31.1 Å². The summed E-state index contributed by atoms with van der Waals surface area (Å²) in [6, 6.07) is 4.81. The van der Waals surface area contributed by atoms with E-state index in [1.54, 1.807) is 19.2 Å². The van der Waals surface area contributed by atoms with Crippen molar-refractivity contribution in [1.82, 2.24) is 10.0 Å². The Morgan fingerprint density at radius 3 is 2.67 bits per heavy atom. The first-order valence-corrected chi connectivity index (χ1v) is 8.85. The van der Waals surface area contributed by atoms with E-state index in [1.165, 1.54) is 6.07 Å². The second-order valence-corrected chi connectivity index (χ2v) is 6.85. The van der Waals surface area contributed by atoms with Gasteiger partial charge in [0.05, 0.1) is 4.90 Å². The predicted molar refractivity (Wildman–Crippen MR) is 85.1 cm³/mol. The summed E-state index contributed by atoms with van der Waals surface area (Å²) in [4.78, 5) is 0.184. The van der Waals surface area contributed by atoms with E-state index in [1.807, 2.05) is 0 Å². The smallest absolute Gasteiger partial charge is 0.240 e. The fourth-order valence-electron chi connectivity index (χ4n) is 1.74. The summed E-state index contributed by atoms with van der Waals surface area (Å²) >= 11 is 6.15. The molecule has 21 heavy (non-hydrogen) atoms. The highest BCUT2D eigenvalue weighted by Crippen LogP contribution is 2.20. The van der Waals surface area contributed by atoms with Gasteiger partial charge < -0.3 is 10.1 Å². The summed E-state index contributed by atoms with van der Waals surface area (Å²) in [5, 5.41) is 3.69. The van der Waals surface area contributed by atoms with E-state index in [2.05, 4.69) is 17.0 Å². The van der Waals surface area contributed by atoms with Gasteiger partial charge in [-0.25, -0.2) is 13.1 Å². The second kappa shape index (κ2) is 9.38. The van der Waals surface area contributed by atoms with Crippen molar-refractivity contribution in [2.75, 3.05) is 26.8 Å². The lowest BCUT2D eigenvalue weighted by Crippen LogP contribution is -2.25. The Kier molecular flexibility index (Phi) is 8.21. The van der Waals surface area contributed by atoms with Crippen LogP contribution in [0.15, 0.2) is 23.1 Å². The molecule has 0 aliphatic carbocycles. The minimum atomic E-state index is -3.52. The first-order valence-electron chi connectivity index (χ1n) is 6.99. The van der Waals surface area contributed by atoms with Crippen LogP contribution in [0.25, 0.3) is 0 Å². The molecule has 0 atom stereocenters. The largest absolute Gasteiger partial charge is 0.385 e. The Labute approximate surface area is 132 Å². The van der Waals surface area contributed by atoms with E-state index in [0.717, 1.165) is 18.5 Å². The van der Waals surface area contributed by atoms with Gasteiger partial charge in [-0.2, -0.15) is 0 Å². The molecule has 5 nitrogen and oxygen atoms in total. The van der Waals surface area contributed by atoms with Crippen molar-refractivity contribution in [1.29, 1.82) is 0 Å². The van der Waals surface area contributed by atoms with Crippen molar-refractivity contribution in [2.24, 2.45) is 0 Å². The molecular weight excluding hydrogens is 312 g/mol. The maximum Gasteiger partial charge on any atom is 0.240 e. The van der Waals surface area contributed by atoms with Crippen molar-refractivity contribution in [2.45, 2.75) is 31.2 Å². The van der Waals surface area contributed by atoms with Crippen molar-refractivity contribution in [3.05, 3.63) is 28.8 Å². The van der Waals surface area contributed by atoms with Crippen LogP contribution in [0.1, 0.15) is 25.3 Å². The van der Waals surface area contributed by atoms with Crippen molar-refractivity contribution >= 4 is 21.6 Å². The van der Waals surface area contributed by atoms with Crippen LogP contribution in [0.5, 0.6) is 0 Å². The Morgan fingerprint density at radius 1 is 1.29 bits per heavy atom. The van der Waals surface area contributed by atoms with Crippen molar-refractivity contribution < 1.29 is 13.2 Å². The molecule has 1 aromatic carbocycles. The number of nitrogens with one attached hydrogen (secondary N) is 2. The van der Waals surface area contributed by atoms with Crippen LogP contribution in [0.4, 0.5) is 0 Å². The minimum absolute atomic E-state index is 0.184. The molecule has 1 rings (SSSR count). The number of rotatable bonds is 10. The fraction of sp³-hybridized carbons (Fsp3) is 0.571. The summed E-state index contributed by atoms with van der Waals surface area (Å²) < 4.78 is 31.6. The minimum Gasteiger partial charge on any atom is -0.385 e. The second-order valence-electron chi connectivity index (χ2n) is 4.67. The topological polar surface area (TPSA) is 67.4 Å². The predicted octanol–water partition coefficient (Wildman–Crippen LogP) is 2.15. The lowest BCUT2D eigenvalue weighted by Gasteiger charge is -2.10. The zero-order chi connectivity index (χ0) is 15.7.